The first-order chi connectivity index (χ1) is 16.4. The number of methoxy groups -OCH3 is 1. The fraction of sp³-hybridized carbons (Fsp3) is 0.519. The lowest BCUT2D eigenvalue weighted by Crippen LogP contribution is -2.50. The molecule has 5 rings (SSSR count). The molecule has 4 aliphatic rings. The van der Waals surface area contributed by atoms with Crippen LogP contribution in [-0.4, -0.2) is 62.9 Å². The van der Waals surface area contributed by atoms with Crippen LogP contribution in [0.15, 0.2) is 57.3 Å². The Bertz CT molecular complexity index is 1090. The number of rotatable bonds is 4. The highest BCUT2D eigenvalue weighted by Gasteiger charge is 2.51. The van der Waals surface area contributed by atoms with E-state index in [9.17, 15) is 4.79 Å². The van der Waals surface area contributed by atoms with Gasteiger partial charge in [0.25, 0.3) is 0 Å². The highest BCUT2D eigenvalue weighted by Crippen LogP contribution is 2.52. The Morgan fingerprint density at radius 3 is 2.62 bits per heavy atom. The average Bonchev–Trinajstić information content (AvgIpc) is 2.87. The van der Waals surface area contributed by atoms with E-state index in [-0.39, 0.29) is 11.4 Å². The molecule has 1 unspecified atom stereocenters. The van der Waals surface area contributed by atoms with Crippen LogP contribution in [0.25, 0.3) is 0 Å². The lowest BCUT2D eigenvalue weighted by atomic mass is 9.62. The second-order valence-electron chi connectivity index (χ2n) is 10.1. The summed E-state index contributed by atoms with van der Waals surface area (Å²) in [6.07, 6.45) is 7.59. The summed E-state index contributed by atoms with van der Waals surface area (Å²) >= 11 is 0. The number of carbonyl (C=O) groups excluding carboxylic acids is 1. The summed E-state index contributed by atoms with van der Waals surface area (Å²) in [5.41, 5.74) is 3.83. The first-order valence-electron chi connectivity index (χ1n) is 12.3. The van der Waals surface area contributed by atoms with Crippen molar-refractivity contribution in [2.24, 2.45) is 9.98 Å². The molecule has 0 saturated carbocycles. The maximum atomic E-state index is 13.5. The molecule has 1 N–H and O–H groups in total. The Kier molecular flexibility index (Phi) is 6.16. The first kappa shape index (κ1) is 23.0. The normalized spacial score (nSPS) is 26.4. The molecule has 1 aliphatic carbocycles. The average molecular weight is 463 g/mol. The second kappa shape index (κ2) is 9.12. The van der Waals surface area contributed by atoms with Crippen molar-refractivity contribution in [2.75, 3.05) is 40.0 Å². The van der Waals surface area contributed by atoms with Gasteiger partial charge in [0, 0.05) is 31.5 Å². The van der Waals surface area contributed by atoms with Crippen LogP contribution in [-0.2, 0) is 25.2 Å². The van der Waals surface area contributed by atoms with Crippen LogP contribution in [0.3, 0.4) is 0 Å². The summed E-state index contributed by atoms with van der Waals surface area (Å²) in [5.74, 6) is 0.413. The molecule has 0 bridgehead atoms. The number of nitrogens with one attached hydrogen (secondary N) is 1. The molecule has 3 heterocycles. The van der Waals surface area contributed by atoms with Gasteiger partial charge in [0.15, 0.2) is 5.84 Å². The minimum absolute atomic E-state index is 0.00371. The highest BCUT2D eigenvalue weighted by molar-refractivity contribution is 6.05. The van der Waals surface area contributed by atoms with E-state index in [0.717, 1.165) is 61.6 Å². The van der Waals surface area contributed by atoms with Crippen LogP contribution >= 0.6 is 0 Å². The predicted octanol–water partition coefficient (Wildman–Crippen LogP) is 3.46. The van der Waals surface area contributed by atoms with Gasteiger partial charge in [0.1, 0.15) is 11.2 Å². The van der Waals surface area contributed by atoms with E-state index in [4.69, 9.17) is 14.5 Å². The van der Waals surface area contributed by atoms with Crippen molar-refractivity contribution >= 4 is 18.0 Å². The third-order valence-electron chi connectivity index (χ3n) is 7.48. The summed E-state index contributed by atoms with van der Waals surface area (Å²) in [6.45, 7) is 8.19. The van der Waals surface area contributed by atoms with Gasteiger partial charge in [-0.25, -0.2) is 9.79 Å². The molecular weight excluding hydrogens is 428 g/mol. The number of nitrogens with zero attached hydrogens (tertiary/aromatic N) is 3. The van der Waals surface area contributed by atoms with Gasteiger partial charge in [0.05, 0.1) is 25.9 Å². The molecule has 3 aliphatic heterocycles. The first-order valence-corrected chi connectivity index (χ1v) is 12.3. The Balaban J connectivity index is 1.71. The van der Waals surface area contributed by atoms with Crippen molar-refractivity contribution in [2.45, 2.75) is 50.5 Å². The third kappa shape index (κ3) is 4.01. The highest BCUT2D eigenvalue weighted by atomic mass is 16.5. The van der Waals surface area contributed by atoms with E-state index >= 15 is 0 Å². The van der Waals surface area contributed by atoms with Crippen molar-refractivity contribution in [3.63, 3.8) is 0 Å². The summed E-state index contributed by atoms with van der Waals surface area (Å²) in [4.78, 5) is 25.8. The molecule has 1 aromatic rings. The third-order valence-corrected chi connectivity index (χ3v) is 7.48. The van der Waals surface area contributed by atoms with E-state index in [1.54, 1.807) is 0 Å². The number of hydrogen-bond donors (Lipinski definition) is 1. The summed E-state index contributed by atoms with van der Waals surface area (Å²) in [5, 5.41) is 3.52. The fourth-order valence-electron chi connectivity index (χ4n) is 5.59. The van der Waals surface area contributed by atoms with Crippen molar-refractivity contribution in [3.05, 3.63) is 58.4 Å². The van der Waals surface area contributed by atoms with Gasteiger partial charge in [-0.3, -0.25) is 9.89 Å². The Labute approximate surface area is 201 Å². The number of amidine groups is 1. The number of fused-ring (bicyclic) bond motifs is 2. The van der Waals surface area contributed by atoms with Crippen LogP contribution in [0.2, 0.25) is 0 Å². The Morgan fingerprint density at radius 1 is 1.15 bits per heavy atom. The van der Waals surface area contributed by atoms with Crippen molar-refractivity contribution in [3.8, 4) is 0 Å². The lowest BCUT2D eigenvalue weighted by Gasteiger charge is -2.46. The zero-order chi connectivity index (χ0) is 23.8. The van der Waals surface area contributed by atoms with Crippen molar-refractivity contribution in [1.29, 1.82) is 0 Å². The molecule has 1 saturated heterocycles. The largest absolute Gasteiger partial charge is 0.466 e. The van der Waals surface area contributed by atoms with E-state index in [1.165, 1.54) is 12.7 Å². The molecule has 1 atom stereocenters. The summed E-state index contributed by atoms with van der Waals surface area (Å²) in [7, 11) is 1.46. The van der Waals surface area contributed by atoms with Crippen LogP contribution in [0, 0.1) is 0 Å². The zero-order valence-corrected chi connectivity index (χ0v) is 20.4. The van der Waals surface area contributed by atoms with Crippen LogP contribution < -0.4 is 5.32 Å². The molecule has 34 heavy (non-hydrogen) atoms. The minimum Gasteiger partial charge on any atom is -0.466 e. The van der Waals surface area contributed by atoms with Crippen molar-refractivity contribution in [1.82, 2.24) is 10.2 Å². The summed E-state index contributed by atoms with van der Waals surface area (Å²) in [6, 6.07) is 8.45. The van der Waals surface area contributed by atoms with E-state index < -0.39 is 5.54 Å². The van der Waals surface area contributed by atoms with E-state index in [1.807, 2.05) is 12.3 Å². The van der Waals surface area contributed by atoms with Gasteiger partial charge in [-0.2, -0.15) is 0 Å². The maximum Gasteiger partial charge on any atom is 0.338 e. The van der Waals surface area contributed by atoms with Gasteiger partial charge in [-0.15, -0.1) is 0 Å². The molecule has 1 fully saturated rings. The molecule has 0 amide bonds. The number of carbonyl (C=O) groups is 1. The van der Waals surface area contributed by atoms with E-state index in [2.05, 4.69) is 53.3 Å². The smallest absolute Gasteiger partial charge is 0.338 e. The molecule has 1 spiro atoms. The number of ether oxygens (including phenoxy) is 2. The molecule has 7 nitrogen and oxygen atoms in total. The predicted molar refractivity (Wildman–Crippen MR) is 133 cm³/mol. The topological polar surface area (TPSA) is 75.5 Å². The fourth-order valence-corrected chi connectivity index (χ4v) is 5.59. The second-order valence-corrected chi connectivity index (χ2v) is 10.1. The van der Waals surface area contributed by atoms with Gasteiger partial charge in [0.2, 0.25) is 0 Å². The van der Waals surface area contributed by atoms with Gasteiger partial charge in [-0.05, 0) is 42.2 Å². The van der Waals surface area contributed by atoms with Crippen molar-refractivity contribution < 1.29 is 14.3 Å². The van der Waals surface area contributed by atoms with Crippen LogP contribution in [0.1, 0.15) is 50.7 Å². The van der Waals surface area contributed by atoms with Crippen LogP contribution in [0.4, 0.5) is 0 Å². The summed E-state index contributed by atoms with van der Waals surface area (Å²) < 4.78 is 10.9. The SMILES string of the molecule is COC(=O)C1=C(CN2CCOCC2)NC(C2=CCCC=N2)=NC12CCC(C)(C)c1ccccc12. The number of aliphatic imine (C=N–C) groups is 2. The Hall–Kier alpha value is -2.77. The molecule has 180 valence electrons. The number of allylic oxidation sites excluding steroid dienone is 1. The monoisotopic (exact) mass is 462 g/mol. The maximum absolute atomic E-state index is 13.5. The minimum atomic E-state index is -0.810. The number of esters is 1. The van der Waals surface area contributed by atoms with Gasteiger partial charge >= 0.3 is 5.97 Å². The quantitative estimate of drug-likeness (QED) is 0.694. The number of hydrogen-bond acceptors (Lipinski definition) is 7. The Morgan fingerprint density at radius 2 is 1.91 bits per heavy atom. The molecule has 0 radical (unpaired) electrons. The van der Waals surface area contributed by atoms with E-state index in [0.29, 0.717) is 25.3 Å². The van der Waals surface area contributed by atoms with Gasteiger partial charge in [-0.1, -0.05) is 44.2 Å². The van der Waals surface area contributed by atoms with Gasteiger partial charge < -0.3 is 14.8 Å². The molecular formula is C27H34N4O3. The molecule has 1 aromatic carbocycles. The molecule has 0 aromatic heterocycles. The standard InChI is InChI=1S/C27H34N4O3/c1-26(2)11-12-27(20-9-5-4-8-19(20)26)23(25(32)33-3)22(18-31-14-16-34-17-15-31)29-24(30-27)21-10-6-7-13-28-21/h4-5,8-10,13H,6-7,11-12,14-18H2,1-3H3,(H,29,30). The molecule has 7 heteroatoms. The number of morpholine rings is 1. The lowest BCUT2D eigenvalue weighted by molar-refractivity contribution is -0.137. The number of benzene rings is 1. The zero-order valence-electron chi connectivity index (χ0n) is 20.4. The van der Waals surface area contributed by atoms with Crippen LogP contribution in [0.5, 0.6) is 0 Å².